The lowest BCUT2D eigenvalue weighted by molar-refractivity contribution is 0.0975. The van der Waals surface area contributed by atoms with Crippen molar-refractivity contribution < 1.29 is 13.7 Å². The molecule has 0 radical (unpaired) electrons. The van der Waals surface area contributed by atoms with Crippen molar-refractivity contribution in [3.8, 4) is 11.3 Å². The first-order chi connectivity index (χ1) is 14.1. The Morgan fingerprint density at radius 2 is 1.86 bits per heavy atom. The van der Waals surface area contributed by atoms with Crippen molar-refractivity contribution in [1.82, 2.24) is 10.1 Å². The van der Waals surface area contributed by atoms with Crippen molar-refractivity contribution >= 4 is 11.7 Å². The van der Waals surface area contributed by atoms with Crippen molar-refractivity contribution in [3.05, 3.63) is 102 Å². The van der Waals surface area contributed by atoms with Crippen molar-refractivity contribution in [2.24, 2.45) is 0 Å². The van der Waals surface area contributed by atoms with Crippen LogP contribution in [0.5, 0.6) is 0 Å². The minimum absolute atomic E-state index is 0.153. The maximum Gasteiger partial charge on any atom is 0.281 e. The molecule has 0 aliphatic carbocycles. The van der Waals surface area contributed by atoms with Crippen LogP contribution in [0.4, 0.5) is 10.2 Å². The summed E-state index contributed by atoms with van der Waals surface area (Å²) < 4.78 is 19.0. The molecule has 2 aromatic carbocycles. The maximum absolute atomic E-state index is 13.6. The van der Waals surface area contributed by atoms with E-state index in [1.165, 1.54) is 17.0 Å². The minimum atomic E-state index is -0.380. The summed E-state index contributed by atoms with van der Waals surface area (Å²) in [5, 5.41) is 3.95. The van der Waals surface area contributed by atoms with E-state index in [0.717, 1.165) is 11.1 Å². The molecule has 29 heavy (non-hydrogen) atoms. The third-order valence-electron chi connectivity index (χ3n) is 4.47. The number of pyridine rings is 1. The van der Waals surface area contributed by atoms with Gasteiger partial charge in [-0.1, -0.05) is 53.2 Å². The number of rotatable bonds is 5. The highest BCUT2D eigenvalue weighted by molar-refractivity contribution is 6.04. The molecular formula is C23H18FN3O2. The van der Waals surface area contributed by atoms with Crippen LogP contribution >= 0.6 is 0 Å². The van der Waals surface area contributed by atoms with Crippen molar-refractivity contribution in [1.29, 1.82) is 0 Å². The summed E-state index contributed by atoms with van der Waals surface area (Å²) in [4.78, 5) is 18.9. The van der Waals surface area contributed by atoms with Gasteiger partial charge in [0.25, 0.3) is 5.91 Å². The first-order valence-electron chi connectivity index (χ1n) is 9.11. The number of benzene rings is 2. The summed E-state index contributed by atoms with van der Waals surface area (Å²) in [7, 11) is 0. The minimum Gasteiger partial charge on any atom is -0.355 e. The van der Waals surface area contributed by atoms with Gasteiger partial charge in [0.05, 0.1) is 6.54 Å². The second-order valence-corrected chi connectivity index (χ2v) is 6.65. The van der Waals surface area contributed by atoms with Crippen LogP contribution in [0.3, 0.4) is 0 Å². The topological polar surface area (TPSA) is 59.2 Å². The van der Waals surface area contributed by atoms with E-state index in [-0.39, 0.29) is 24.0 Å². The molecule has 4 rings (SSSR count). The van der Waals surface area contributed by atoms with E-state index < -0.39 is 0 Å². The fourth-order valence-electron chi connectivity index (χ4n) is 2.96. The smallest absolute Gasteiger partial charge is 0.281 e. The number of carbonyl (C=O) groups is 1. The van der Waals surface area contributed by atoms with Gasteiger partial charge < -0.3 is 4.52 Å². The van der Waals surface area contributed by atoms with Crippen molar-refractivity contribution in [3.63, 3.8) is 0 Å². The van der Waals surface area contributed by atoms with Gasteiger partial charge in [-0.2, -0.15) is 0 Å². The number of hydrogen-bond donors (Lipinski definition) is 0. The van der Waals surface area contributed by atoms with E-state index in [1.54, 1.807) is 42.6 Å². The summed E-state index contributed by atoms with van der Waals surface area (Å²) >= 11 is 0. The Balaban J connectivity index is 1.65. The van der Waals surface area contributed by atoms with E-state index in [2.05, 4.69) is 10.1 Å². The standard InChI is InChI=1S/C23H18FN3O2/c1-16-8-10-18(11-9-16)21-14-20(26-29-21)23(28)27(22-7-2-3-12-25-22)15-17-5-4-6-19(24)13-17/h2-14H,15H2,1H3. The summed E-state index contributed by atoms with van der Waals surface area (Å²) in [5.74, 6) is 0.204. The number of hydrogen-bond acceptors (Lipinski definition) is 4. The summed E-state index contributed by atoms with van der Waals surface area (Å²) in [6.07, 6.45) is 1.60. The lowest BCUT2D eigenvalue weighted by Crippen LogP contribution is -2.31. The monoisotopic (exact) mass is 387 g/mol. The Labute approximate surface area is 167 Å². The van der Waals surface area contributed by atoms with Gasteiger partial charge in [0, 0.05) is 17.8 Å². The molecule has 0 aliphatic rings. The van der Waals surface area contributed by atoms with Crippen molar-refractivity contribution in [2.45, 2.75) is 13.5 Å². The molecule has 0 saturated heterocycles. The lowest BCUT2D eigenvalue weighted by atomic mass is 10.1. The molecule has 2 heterocycles. The molecule has 4 aromatic rings. The van der Waals surface area contributed by atoms with E-state index in [0.29, 0.717) is 17.1 Å². The highest BCUT2D eigenvalue weighted by Crippen LogP contribution is 2.23. The summed E-state index contributed by atoms with van der Waals surface area (Å²) in [6, 6.07) is 20.7. The molecule has 0 N–H and O–H groups in total. The number of halogens is 1. The molecule has 0 spiro atoms. The number of nitrogens with zero attached hydrogens (tertiary/aromatic N) is 3. The Kier molecular flexibility index (Phi) is 5.16. The Morgan fingerprint density at radius 1 is 1.03 bits per heavy atom. The number of amides is 1. The normalized spacial score (nSPS) is 10.7. The first-order valence-corrected chi connectivity index (χ1v) is 9.11. The molecule has 0 aliphatic heterocycles. The highest BCUT2D eigenvalue weighted by atomic mass is 19.1. The fourth-order valence-corrected chi connectivity index (χ4v) is 2.96. The number of anilines is 1. The van der Waals surface area contributed by atoms with Crippen LogP contribution in [-0.4, -0.2) is 16.0 Å². The first kappa shape index (κ1) is 18.6. The predicted octanol–water partition coefficient (Wildman–Crippen LogP) is 5.03. The van der Waals surface area contributed by atoms with Crippen LogP contribution in [0.1, 0.15) is 21.6 Å². The van der Waals surface area contributed by atoms with Gasteiger partial charge in [0.2, 0.25) is 0 Å². The Bertz CT molecular complexity index is 1120. The predicted molar refractivity (Wildman–Crippen MR) is 108 cm³/mol. The molecule has 0 saturated carbocycles. The van der Waals surface area contributed by atoms with Gasteiger partial charge in [-0.15, -0.1) is 0 Å². The molecule has 0 bridgehead atoms. The quantitative estimate of drug-likeness (QED) is 0.482. The maximum atomic E-state index is 13.6. The van der Waals surface area contributed by atoms with Crippen LogP contribution in [-0.2, 0) is 6.54 Å². The van der Waals surface area contributed by atoms with Crippen LogP contribution in [0, 0.1) is 12.7 Å². The zero-order chi connectivity index (χ0) is 20.2. The van der Waals surface area contributed by atoms with E-state index in [1.807, 2.05) is 31.2 Å². The van der Waals surface area contributed by atoms with Crippen LogP contribution in [0.15, 0.2) is 83.5 Å². The van der Waals surface area contributed by atoms with Gasteiger partial charge in [-0.25, -0.2) is 9.37 Å². The fraction of sp³-hybridized carbons (Fsp3) is 0.0870. The van der Waals surface area contributed by atoms with Gasteiger partial charge in [0.1, 0.15) is 11.6 Å². The highest BCUT2D eigenvalue weighted by Gasteiger charge is 2.23. The average molecular weight is 387 g/mol. The molecule has 5 nitrogen and oxygen atoms in total. The third kappa shape index (κ3) is 4.21. The Hall–Kier alpha value is -3.80. The second kappa shape index (κ2) is 8.06. The zero-order valence-corrected chi connectivity index (χ0v) is 15.7. The average Bonchev–Trinajstić information content (AvgIpc) is 3.23. The molecule has 6 heteroatoms. The number of aryl methyl sites for hydroxylation is 1. The number of carbonyl (C=O) groups excluding carboxylic acids is 1. The van der Waals surface area contributed by atoms with E-state index >= 15 is 0 Å². The Morgan fingerprint density at radius 3 is 2.59 bits per heavy atom. The molecule has 0 unspecified atom stereocenters. The number of aromatic nitrogens is 2. The van der Waals surface area contributed by atoms with E-state index in [9.17, 15) is 9.18 Å². The molecule has 0 atom stereocenters. The van der Waals surface area contributed by atoms with Gasteiger partial charge >= 0.3 is 0 Å². The second-order valence-electron chi connectivity index (χ2n) is 6.65. The molecule has 1 amide bonds. The van der Waals surface area contributed by atoms with Gasteiger partial charge in [0.15, 0.2) is 11.5 Å². The summed E-state index contributed by atoms with van der Waals surface area (Å²) in [6.45, 7) is 2.15. The molecule has 0 fully saturated rings. The lowest BCUT2D eigenvalue weighted by Gasteiger charge is -2.20. The largest absolute Gasteiger partial charge is 0.355 e. The molecule has 144 valence electrons. The molecule has 2 aromatic heterocycles. The van der Waals surface area contributed by atoms with E-state index in [4.69, 9.17) is 4.52 Å². The van der Waals surface area contributed by atoms with Gasteiger partial charge in [-0.05, 0) is 36.8 Å². The summed E-state index contributed by atoms with van der Waals surface area (Å²) in [5.41, 5.74) is 2.76. The zero-order valence-electron chi connectivity index (χ0n) is 15.7. The van der Waals surface area contributed by atoms with Crippen LogP contribution < -0.4 is 4.90 Å². The SMILES string of the molecule is Cc1ccc(-c2cc(C(=O)N(Cc3cccc(F)c3)c3ccccn3)no2)cc1. The van der Waals surface area contributed by atoms with Crippen LogP contribution in [0.25, 0.3) is 11.3 Å². The van der Waals surface area contributed by atoms with Crippen LogP contribution in [0.2, 0.25) is 0 Å². The van der Waals surface area contributed by atoms with Crippen molar-refractivity contribution in [2.75, 3.05) is 4.90 Å². The third-order valence-corrected chi connectivity index (χ3v) is 4.47. The molecular weight excluding hydrogens is 369 g/mol. The van der Waals surface area contributed by atoms with Gasteiger partial charge in [-0.3, -0.25) is 9.69 Å².